The van der Waals surface area contributed by atoms with Crippen LogP contribution in [0, 0.1) is 0 Å². The van der Waals surface area contributed by atoms with Gasteiger partial charge in [-0.25, -0.2) is 4.79 Å². The number of phenolic OH excluding ortho intramolecular Hbond substituents is 1. The van der Waals surface area contributed by atoms with Crippen molar-refractivity contribution >= 4 is 29.0 Å². The molecule has 0 aromatic heterocycles. The normalized spacial score (nSPS) is 12.6. The molecule has 2 rings (SSSR count). The van der Waals surface area contributed by atoms with Crippen molar-refractivity contribution in [1.29, 1.82) is 0 Å². The summed E-state index contributed by atoms with van der Waals surface area (Å²) in [6, 6.07) is 5.68. The Hall–Kier alpha value is -2.45. The number of alkyl halides is 3. The maximum atomic E-state index is 12.5. The SMILES string of the molecule is CC(O)c1cc(Cl)cc(NC(=O)Nc2ccc(C(F)(F)F)cc2)c1O. The molecule has 0 bridgehead atoms. The Bertz CT molecular complexity index is 777. The van der Waals surface area contributed by atoms with E-state index in [2.05, 4.69) is 10.6 Å². The average Bonchev–Trinajstić information content (AvgIpc) is 2.49. The number of hydrogen-bond acceptors (Lipinski definition) is 3. The second-order valence-electron chi connectivity index (χ2n) is 5.22. The molecular weight excluding hydrogens is 361 g/mol. The van der Waals surface area contributed by atoms with Crippen LogP contribution in [-0.2, 0) is 6.18 Å². The molecule has 0 fully saturated rings. The lowest BCUT2D eigenvalue weighted by molar-refractivity contribution is -0.137. The number of anilines is 2. The molecule has 2 amide bonds. The summed E-state index contributed by atoms with van der Waals surface area (Å²) in [5, 5.41) is 24.4. The van der Waals surface area contributed by atoms with Crippen molar-refractivity contribution < 1.29 is 28.2 Å². The van der Waals surface area contributed by atoms with Crippen molar-refractivity contribution in [2.24, 2.45) is 0 Å². The van der Waals surface area contributed by atoms with Crippen LogP contribution in [0.5, 0.6) is 5.75 Å². The minimum atomic E-state index is -4.47. The molecule has 0 radical (unpaired) electrons. The first-order valence-electron chi connectivity index (χ1n) is 7.03. The van der Waals surface area contributed by atoms with Crippen molar-refractivity contribution in [2.75, 3.05) is 10.6 Å². The number of carbonyl (C=O) groups is 1. The molecular formula is C16H14ClF3N2O3. The Morgan fingerprint density at radius 1 is 1.16 bits per heavy atom. The van der Waals surface area contributed by atoms with Crippen LogP contribution >= 0.6 is 11.6 Å². The van der Waals surface area contributed by atoms with Gasteiger partial charge in [0.1, 0.15) is 5.75 Å². The third-order valence-corrected chi connectivity index (χ3v) is 3.49. The third-order valence-electron chi connectivity index (χ3n) is 3.27. The van der Waals surface area contributed by atoms with E-state index in [1.54, 1.807) is 0 Å². The van der Waals surface area contributed by atoms with Crippen molar-refractivity contribution in [3.8, 4) is 5.75 Å². The monoisotopic (exact) mass is 374 g/mol. The average molecular weight is 375 g/mol. The summed E-state index contributed by atoms with van der Waals surface area (Å²) in [6.07, 6.45) is -5.48. The maximum Gasteiger partial charge on any atom is 0.416 e. The summed E-state index contributed by atoms with van der Waals surface area (Å²) in [5.41, 5.74) is -0.638. The van der Waals surface area contributed by atoms with Crippen LogP contribution in [0.15, 0.2) is 36.4 Å². The highest BCUT2D eigenvalue weighted by Gasteiger charge is 2.30. The van der Waals surface area contributed by atoms with E-state index in [0.29, 0.717) is 0 Å². The van der Waals surface area contributed by atoms with E-state index in [0.717, 1.165) is 24.3 Å². The molecule has 1 unspecified atom stereocenters. The maximum absolute atomic E-state index is 12.5. The number of amides is 2. The second kappa shape index (κ2) is 7.20. The first-order chi connectivity index (χ1) is 11.6. The highest BCUT2D eigenvalue weighted by Crippen LogP contribution is 2.35. The largest absolute Gasteiger partial charge is 0.505 e. The zero-order chi connectivity index (χ0) is 18.8. The van der Waals surface area contributed by atoms with Crippen LogP contribution in [0.3, 0.4) is 0 Å². The number of aliphatic hydroxyl groups is 1. The molecule has 9 heteroatoms. The molecule has 0 saturated heterocycles. The molecule has 25 heavy (non-hydrogen) atoms. The predicted molar refractivity (Wildman–Crippen MR) is 87.8 cm³/mol. The number of carbonyl (C=O) groups excluding carboxylic acids is 1. The highest BCUT2D eigenvalue weighted by atomic mass is 35.5. The van der Waals surface area contributed by atoms with Crippen molar-refractivity contribution in [3.05, 3.63) is 52.5 Å². The lowest BCUT2D eigenvalue weighted by atomic mass is 10.1. The van der Waals surface area contributed by atoms with Gasteiger partial charge in [-0.2, -0.15) is 13.2 Å². The Labute approximate surface area is 146 Å². The van der Waals surface area contributed by atoms with E-state index in [9.17, 15) is 28.2 Å². The first kappa shape index (κ1) is 18.9. The fraction of sp³-hybridized carbons (Fsp3) is 0.188. The van der Waals surface area contributed by atoms with E-state index < -0.39 is 23.9 Å². The van der Waals surface area contributed by atoms with Crippen LogP contribution in [0.2, 0.25) is 5.02 Å². The Balaban J connectivity index is 2.13. The summed E-state index contributed by atoms with van der Waals surface area (Å²) in [5.74, 6) is -0.359. The van der Waals surface area contributed by atoms with Gasteiger partial charge in [-0.05, 0) is 43.3 Å². The van der Waals surface area contributed by atoms with Crippen molar-refractivity contribution in [1.82, 2.24) is 0 Å². The number of urea groups is 1. The predicted octanol–water partition coefficient (Wildman–Crippen LogP) is 4.76. The zero-order valence-electron chi connectivity index (χ0n) is 12.9. The van der Waals surface area contributed by atoms with E-state index in [-0.39, 0.29) is 27.7 Å². The summed E-state index contributed by atoms with van der Waals surface area (Å²) in [4.78, 5) is 11.9. The molecule has 0 aliphatic rings. The van der Waals surface area contributed by atoms with Gasteiger partial charge in [-0.1, -0.05) is 11.6 Å². The van der Waals surface area contributed by atoms with Gasteiger partial charge >= 0.3 is 12.2 Å². The van der Waals surface area contributed by atoms with Crippen LogP contribution < -0.4 is 10.6 Å². The van der Waals surface area contributed by atoms with Crippen molar-refractivity contribution in [3.63, 3.8) is 0 Å². The first-order valence-corrected chi connectivity index (χ1v) is 7.41. The molecule has 0 aliphatic heterocycles. The fourth-order valence-electron chi connectivity index (χ4n) is 2.06. The number of nitrogens with one attached hydrogen (secondary N) is 2. The Morgan fingerprint density at radius 2 is 1.76 bits per heavy atom. The van der Waals surface area contributed by atoms with Crippen LogP contribution in [0.1, 0.15) is 24.2 Å². The van der Waals surface area contributed by atoms with Gasteiger partial charge in [-0.15, -0.1) is 0 Å². The fourth-order valence-corrected chi connectivity index (χ4v) is 2.29. The quantitative estimate of drug-likeness (QED) is 0.584. The Morgan fingerprint density at radius 3 is 2.28 bits per heavy atom. The molecule has 0 spiro atoms. The third kappa shape index (κ3) is 4.77. The van der Waals surface area contributed by atoms with Gasteiger partial charge in [0, 0.05) is 16.3 Å². The molecule has 0 saturated carbocycles. The number of aromatic hydroxyl groups is 1. The molecule has 4 N–H and O–H groups in total. The van der Waals surface area contributed by atoms with E-state index >= 15 is 0 Å². The summed E-state index contributed by atoms with van der Waals surface area (Å²) < 4.78 is 37.5. The van der Waals surface area contributed by atoms with E-state index in [1.165, 1.54) is 19.1 Å². The topological polar surface area (TPSA) is 81.6 Å². The van der Waals surface area contributed by atoms with E-state index in [1.807, 2.05) is 0 Å². The van der Waals surface area contributed by atoms with Gasteiger partial charge in [0.05, 0.1) is 17.4 Å². The van der Waals surface area contributed by atoms with Gasteiger partial charge in [0.25, 0.3) is 0 Å². The van der Waals surface area contributed by atoms with E-state index in [4.69, 9.17) is 11.6 Å². The molecule has 5 nitrogen and oxygen atoms in total. The molecule has 2 aromatic rings. The van der Waals surface area contributed by atoms with Crippen LogP contribution in [0.4, 0.5) is 29.3 Å². The minimum Gasteiger partial charge on any atom is -0.505 e. The smallest absolute Gasteiger partial charge is 0.416 e. The van der Waals surface area contributed by atoms with Crippen LogP contribution in [-0.4, -0.2) is 16.2 Å². The molecule has 134 valence electrons. The lowest BCUT2D eigenvalue weighted by Gasteiger charge is -2.14. The number of hydrogen-bond donors (Lipinski definition) is 4. The molecule has 2 aromatic carbocycles. The van der Waals surface area contributed by atoms with Gasteiger partial charge < -0.3 is 20.8 Å². The molecule has 1 atom stereocenters. The number of phenols is 1. The lowest BCUT2D eigenvalue weighted by Crippen LogP contribution is -2.20. The Kier molecular flexibility index (Phi) is 5.44. The summed E-state index contributed by atoms with van der Waals surface area (Å²) >= 11 is 5.87. The standard InChI is InChI=1S/C16H14ClF3N2O3/c1-8(23)12-6-10(17)7-13(14(12)24)22-15(25)21-11-4-2-9(3-5-11)16(18,19)20/h2-8,23-24H,1H3,(H2,21,22,25). The van der Waals surface area contributed by atoms with Crippen LogP contribution in [0.25, 0.3) is 0 Å². The summed E-state index contributed by atoms with van der Waals surface area (Å²) in [6.45, 7) is 1.41. The highest BCUT2D eigenvalue weighted by molar-refractivity contribution is 6.31. The number of benzene rings is 2. The second-order valence-corrected chi connectivity index (χ2v) is 5.66. The van der Waals surface area contributed by atoms with Gasteiger partial charge in [-0.3, -0.25) is 0 Å². The molecule has 0 heterocycles. The van der Waals surface area contributed by atoms with Gasteiger partial charge in [0.15, 0.2) is 0 Å². The minimum absolute atomic E-state index is 0.0483. The number of aliphatic hydroxyl groups excluding tert-OH is 1. The van der Waals surface area contributed by atoms with Crippen molar-refractivity contribution in [2.45, 2.75) is 19.2 Å². The molecule has 0 aliphatic carbocycles. The zero-order valence-corrected chi connectivity index (χ0v) is 13.6. The van der Waals surface area contributed by atoms with Gasteiger partial charge in [0.2, 0.25) is 0 Å². The number of rotatable bonds is 3. The summed E-state index contributed by atoms with van der Waals surface area (Å²) in [7, 11) is 0. The number of halogens is 4.